The Labute approximate surface area is 162 Å². The third-order valence-electron chi connectivity index (χ3n) is 3.72. The van der Waals surface area contributed by atoms with Gasteiger partial charge < -0.3 is 20.1 Å². The predicted octanol–water partition coefficient (Wildman–Crippen LogP) is 0.164. The molecule has 9 nitrogen and oxygen atoms in total. The summed E-state index contributed by atoms with van der Waals surface area (Å²) < 4.78 is 10.3. The van der Waals surface area contributed by atoms with Crippen LogP contribution in [-0.4, -0.2) is 60.4 Å². The average molecular weight is 402 g/mol. The second kappa shape index (κ2) is 10.9. The van der Waals surface area contributed by atoms with E-state index in [1.54, 1.807) is 13.8 Å². The van der Waals surface area contributed by atoms with Gasteiger partial charge in [0, 0.05) is 44.0 Å². The van der Waals surface area contributed by atoms with E-state index in [1.165, 1.54) is 6.92 Å². The minimum absolute atomic E-state index is 0.0316. The van der Waals surface area contributed by atoms with E-state index in [2.05, 4.69) is 10.6 Å². The summed E-state index contributed by atoms with van der Waals surface area (Å²) in [7, 11) is 0. The van der Waals surface area contributed by atoms with Gasteiger partial charge in [-0.1, -0.05) is 25.6 Å². The van der Waals surface area contributed by atoms with E-state index < -0.39 is 29.4 Å². The molecule has 1 aliphatic heterocycles. The highest BCUT2D eigenvalue weighted by molar-refractivity contribution is 8.13. The number of carbonyl (C=O) groups is 5. The second-order valence-electron chi connectivity index (χ2n) is 6.75. The van der Waals surface area contributed by atoms with Crippen molar-refractivity contribution in [2.75, 3.05) is 25.4 Å². The lowest BCUT2D eigenvalue weighted by atomic mass is 9.86. The van der Waals surface area contributed by atoms with E-state index in [1.807, 2.05) is 0 Å². The van der Waals surface area contributed by atoms with Crippen molar-refractivity contribution in [3.63, 3.8) is 0 Å². The molecule has 1 fully saturated rings. The standard InChI is InChI=1S/C17H26N2O7S/c1-11(20)25-10-17(2,3)15-16(24)19-7-6-12(21)18-8-9-27-14(23)5-4-13(22)26-15/h15H,4-10H2,1-3H3,(H,18,21)(H,19,24)/t15-/m0/s1. The second-order valence-corrected chi connectivity index (χ2v) is 7.90. The SMILES string of the molecule is CC(=O)OCC(C)(C)[C@H]1OC(=O)CCC(=O)SCCNC(=O)CCNC1=O. The first-order chi connectivity index (χ1) is 12.6. The van der Waals surface area contributed by atoms with Crippen molar-refractivity contribution in [3.05, 3.63) is 0 Å². The number of esters is 2. The fourth-order valence-electron chi connectivity index (χ4n) is 2.23. The van der Waals surface area contributed by atoms with Gasteiger partial charge in [-0.05, 0) is 0 Å². The Morgan fingerprint density at radius 1 is 1.15 bits per heavy atom. The van der Waals surface area contributed by atoms with Crippen LogP contribution in [0.1, 0.15) is 40.0 Å². The summed E-state index contributed by atoms with van der Waals surface area (Å²) in [5.41, 5.74) is -1.000. The first-order valence-corrected chi connectivity index (χ1v) is 9.63. The molecule has 1 atom stereocenters. The molecule has 0 aromatic heterocycles. The molecule has 152 valence electrons. The number of rotatable bonds is 3. The number of hydrogen-bond acceptors (Lipinski definition) is 8. The van der Waals surface area contributed by atoms with Crippen molar-refractivity contribution in [3.8, 4) is 0 Å². The molecule has 1 aliphatic rings. The Bertz CT molecular complexity index is 592. The van der Waals surface area contributed by atoms with Gasteiger partial charge in [-0.25, -0.2) is 0 Å². The third kappa shape index (κ3) is 8.89. The predicted molar refractivity (Wildman–Crippen MR) is 97.6 cm³/mol. The fourth-order valence-corrected chi connectivity index (χ4v) is 2.91. The van der Waals surface area contributed by atoms with Gasteiger partial charge in [0.05, 0.1) is 6.42 Å². The molecular formula is C17H26N2O7S. The number of ether oxygens (including phenoxy) is 2. The molecule has 1 rings (SSSR count). The van der Waals surface area contributed by atoms with Gasteiger partial charge in [0.15, 0.2) is 11.2 Å². The first-order valence-electron chi connectivity index (χ1n) is 8.64. The van der Waals surface area contributed by atoms with E-state index >= 15 is 0 Å². The lowest BCUT2D eigenvalue weighted by Crippen LogP contribution is -2.49. The third-order valence-corrected chi connectivity index (χ3v) is 4.65. The number of thioether (sulfide) groups is 1. The monoisotopic (exact) mass is 402 g/mol. The summed E-state index contributed by atoms with van der Waals surface area (Å²) in [6.45, 7) is 4.73. The smallest absolute Gasteiger partial charge is 0.307 e. The normalized spacial score (nSPS) is 21.2. The van der Waals surface area contributed by atoms with Gasteiger partial charge in [0.25, 0.3) is 5.91 Å². The minimum atomic E-state index is -1.24. The summed E-state index contributed by atoms with van der Waals surface area (Å²) >= 11 is 1.03. The van der Waals surface area contributed by atoms with Crippen LogP contribution in [0.3, 0.4) is 0 Å². The molecule has 0 aromatic rings. The topological polar surface area (TPSA) is 128 Å². The van der Waals surface area contributed by atoms with Crippen molar-refractivity contribution in [1.82, 2.24) is 10.6 Å². The van der Waals surface area contributed by atoms with Crippen LogP contribution < -0.4 is 10.6 Å². The van der Waals surface area contributed by atoms with Crippen LogP contribution in [0.2, 0.25) is 0 Å². The minimum Gasteiger partial charge on any atom is -0.465 e. The largest absolute Gasteiger partial charge is 0.465 e. The molecule has 0 spiro atoms. The van der Waals surface area contributed by atoms with Crippen LogP contribution in [-0.2, 0) is 33.4 Å². The van der Waals surface area contributed by atoms with Gasteiger partial charge in [-0.15, -0.1) is 0 Å². The Balaban J connectivity index is 2.90. The fraction of sp³-hybridized carbons (Fsp3) is 0.706. The van der Waals surface area contributed by atoms with Crippen LogP contribution in [0.15, 0.2) is 0 Å². The van der Waals surface area contributed by atoms with Crippen LogP contribution in [0.25, 0.3) is 0 Å². The van der Waals surface area contributed by atoms with E-state index in [4.69, 9.17) is 9.47 Å². The molecule has 27 heavy (non-hydrogen) atoms. The van der Waals surface area contributed by atoms with Crippen molar-refractivity contribution in [2.45, 2.75) is 46.1 Å². The van der Waals surface area contributed by atoms with E-state index in [9.17, 15) is 24.0 Å². The van der Waals surface area contributed by atoms with E-state index in [0.29, 0.717) is 12.3 Å². The zero-order chi connectivity index (χ0) is 20.4. The van der Waals surface area contributed by atoms with E-state index in [0.717, 1.165) is 11.8 Å². The molecule has 2 N–H and O–H groups in total. The summed E-state index contributed by atoms with van der Waals surface area (Å²) in [4.78, 5) is 59.2. The molecule has 2 amide bonds. The van der Waals surface area contributed by atoms with Crippen LogP contribution in [0, 0.1) is 5.41 Å². The number of amides is 2. The molecule has 1 heterocycles. The van der Waals surface area contributed by atoms with Gasteiger partial charge in [0.1, 0.15) is 6.61 Å². The summed E-state index contributed by atoms with van der Waals surface area (Å²) in [5.74, 6) is -1.66. The van der Waals surface area contributed by atoms with Gasteiger partial charge in [-0.3, -0.25) is 24.0 Å². The lowest BCUT2D eigenvalue weighted by molar-refractivity contribution is -0.168. The highest BCUT2D eigenvalue weighted by Crippen LogP contribution is 2.25. The zero-order valence-corrected chi connectivity index (χ0v) is 16.6. The number of carbonyl (C=O) groups excluding carboxylic acids is 5. The molecule has 0 radical (unpaired) electrons. The maximum atomic E-state index is 12.5. The zero-order valence-electron chi connectivity index (χ0n) is 15.8. The highest BCUT2D eigenvalue weighted by atomic mass is 32.2. The van der Waals surface area contributed by atoms with Crippen LogP contribution in [0.5, 0.6) is 0 Å². The van der Waals surface area contributed by atoms with Gasteiger partial charge in [0.2, 0.25) is 5.91 Å². The Morgan fingerprint density at radius 3 is 2.52 bits per heavy atom. The van der Waals surface area contributed by atoms with Crippen molar-refractivity contribution in [1.29, 1.82) is 0 Å². The highest BCUT2D eigenvalue weighted by Gasteiger charge is 2.39. The van der Waals surface area contributed by atoms with E-state index in [-0.39, 0.29) is 43.4 Å². The van der Waals surface area contributed by atoms with Gasteiger partial charge in [-0.2, -0.15) is 0 Å². The first kappa shape index (κ1) is 22.9. The molecule has 0 aliphatic carbocycles. The maximum absolute atomic E-state index is 12.5. The molecule has 0 bridgehead atoms. The number of nitrogens with one attached hydrogen (secondary N) is 2. The molecule has 0 unspecified atom stereocenters. The Kier molecular flexibility index (Phi) is 9.27. The summed E-state index contributed by atoms with van der Waals surface area (Å²) in [5, 5.41) is 5.02. The van der Waals surface area contributed by atoms with Crippen LogP contribution in [0.4, 0.5) is 0 Å². The average Bonchev–Trinajstić information content (AvgIpc) is 2.59. The van der Waals surface area contributed by atoms with Crippen molar-refractivity contribution >= 4 is 40.6 Å². The molecule has 0 saturated carbocycles. The summed E-state index contributed by atoms with van der Waals surface area (Å²) in [6.07, 6.45) is -1.38. The number of cyclic esters (lactones) is 1. The Hall–Kier alpha value is -2.10. The molecule has 10 heteroatoms. The summed E-state index contributed by atoms with van der Waals surface area (Å²) in [6, 6.07) is 0. The number of hydrogen-bond donors (Lipinski definition) is 2. The van der Waals surface area contributed by atoms with Crippen molar-refractivity contribution in [2.24, 2.45) is 5.41 Å². The van der Waals surface area contributed by atoms with Crippen LogP contribution >= 0.6 is 11.8 Å². The molecule has 0 aromatic carbocycles. The maximum Gasteiger partial charge on any atom is 0.307 e. The molecule has 1 saturated heterocycles. The Morgan fingerprint density at radius 2 is 1.85 bits per heavy atom. The lowest BCUT2D eigenvalue weighted by Gasteiger charge is -2.32. The molecular weight excluding hydrogens is 376 g/mol. The van der Waals surface area contributed by atoms with Crippen molar-refractivity contribution < 1.29 is 33.4 Å². The van der Waals surface area contributed by atoms with Gasteiger partial charge >= 0.3 is 11.9 Å². The quantitative estimate of drug-likeness (QED) is 0.639.